The van der Waals surface area contributed by atoms with Crippen LogP contribution in [0.1, 0.15) is 159 Å². The maximum absolute atomic E-state index is 15.1. The van der Waals surface area contributed by atoms with Crippen molar-refractivity contribution in [3.05, 3.63) is 0 Å². The van der Waals surface area contributed by atoms with Gasteiger partial charge in [0.2, 0.25) is 17.6 Å². The molecule has 4 aliphatic carbocycles. The van der Waals surface area contributed by atoms with Gasteiger partial charge in [-0.2, -0.15) is 0 Å². The summed E-state index contributed by atoms with van der Waals surface area (Å²) in [4.78, 5) is 84.3. The minimum Gasteiger partial charge on any atom is -0.460 e. The van der Waals surface area contributed by atoms with E-state index in [1.54, 1.807) is 39.5 Å². The van der Waals surface area contributed by atoms with Crippen LogP contribution in [0.15, 0.2) is 0 Å². The Balaban J connectivity index is 1.35. The number of ketones is 1. The Morgan fingerprint density at radius 3 is 2.00 bits per heavy atom. The van der Waals surface area contributed by atoms with E-state index in [-0.39, 0.29) is 54.2 Å². The SMILES string of the molecule is CCC(C)(C)S(=O)(=O)CC1(NC(=O)N[C@H](C(=O)N2CC3[C@@H]([C@H]2C(=O)NC(CC2CC2)C(=O)C(=O)NCCC(=O)OC(C)(C)C)C3(C)C)C2(C)CCCCC2)CCCCC1. The summed E-state index contributed by atoms with van der Waals surface area (Å²) in [5.41, 5.74) is -2.52. The van der Waals surface area contributed by atoms with Crippen LogP contribution in [0.25, 0.3) is 0 Å². The quantitative estimate of drug-likeness (QED) is 0.114. The van der Waals surface area contributed by atoms with Gasteiger partial charge in [-0.1, -0.05) is 79.1 Å². The summed E-state index contributed by atoms with van der Waals surface area (Å²) < 4.78 is 31.8. The van der Waals surface area contributed by atoms with Gasteiger partial charge in [0.25, 0.3) is 5.91 Å². The second kappa shape index (κ2) is 17.6. The number of nitrogens with zero attached hydrogens (tertiary/aromatic N) is 1. The highest BCUT2D eigenvalue weighted by molar-refractivity contribution is 7.92. The van der Waals surface area contributed by atoms with Gasteiger partial charge in [-0.25, -0.2) is 13.2 Å². The van der Waals surface area contributed by atoms with E-state index in [1.165, 1.54) is 0 Å². The number of hydrogen-bond acceptors (Lipinski definition) is 9. The first-order valence-electron chi connectivity index (χ1n) is 22.3. The molecular weight excluding hydrogens is 775 g/mol. The molecule has 4 N–H and O–H groups in total. The average Bonchev–Trinajstić information content (AvgIpc) is 4.00. The monoisotopic (exact) mass is 848 g/mol. The van der Waals surface area contributed by atoms with Crippen molar-refractivity contribution in [1.82, 2.24) is 26.2 Å². The topological polar surface area (TPSA) is 197 Å². The predicted molar refractivity (Wildman–Crippen MR) is 225 cm³/mol. The molecule has 5 rings (SSSR count). The lowest BCUT2D eigenvalue weighted by atomic mass is 9.70. The molecule has 14 nitrogen and oxygen atoms in total. The number of likely N-dealkylation sites (tertiary alicyclic amines) is 1. The van der Waals surface area contributed by atoms with E-state index in [9.17, 15) is 32.4 Å². The summed E-state index contributed by atoms with van der Waals surface area (Å²) in [7, 11) is -3.60. The molecule has 1 aliphatic heterocycles. The highest BCUT2D eigenvalue weighted by Gasteiger charge is 2.70. The number of ether oxygens (including phenoxy) is 1. The van der Waals surface area contributed by atoms with Gasteiger partial charge in [-0.05, 0) is 102 Å². The van der Waals surface area contributed by atoms with E-state index in [4.69, 9.17) is 4.74 Å². The smallest absolute Gasteiger partial charge is 0.315 e. The summed E-state index contributed by atoms with van der Waals surface area (Å²) in [6, 6.07) is -3.59. The summed E-state index contributed by atoms with van der Waals surface area (Å²) in [5, 5.41) is 11.6. The number of amides is 5. The second-order valence-corrected chi connectivity index (χ2v) is 23.7. The van der Waals surface area contributed by atoms with Crippen LogP contribution in [-0.4, -0.2) is 102 Å². The summed E-state index contributed by atoms with van der Waals surface area (Å²) in [6.45, 7) is 16.9. The predicted octanol–water partition coefficient (Wildman–Crippen LogP) is 5.12. The standard InChI is InChI=1S/C44H73N5O9S/c1-10-41(5,6)59(56,57)27-44(22-15-12-16-23-44)48-39(55)47-35(43(9)20-13-11-14-21-43)38(54)49-26-29-32(42(29,7)8)33(49)36(52)46-30(25-28-17-18-28)34(51)37(53)45-24-19-31(50)58-40(2,3)4/h28-30,32-33,35H,10-27H2,1-9H3,(H,45,53)(H,46,52)(H2,47,48,55)/t29?,30?,32-,33-,35+/m0/s1. The molecule has 2 unspecified atom stereocenters. The fourth-order valence-corrected chi connectivity index (χ4v) is 11.9. The van der Waals surface area contributed by atoms with Gasteiger partial charge >= 0.3 is 12.0 Å². The molecule has 0 aromatic carbocycles. The zero-order chi connectivity index (χ0) is 43.8. The Hall–Kier alpha value is -3.23. The van der Waals surface area contributed by atoms with Crippen molar-refractivity contribution in [2.45, 2.75) is 193 Å². The molecule has 0 radical (unpaired) electrons. The molecule has 0 bridgehead atoms. The maximum Gasteiger partial charge on any atom is 0.315 e. The number of esters is 1. The van der Waals surface area contributed by atoms with E-state index in [1.807, 2.05) is 13.8 Å². The van der Waals surface area contributed by atoms with Crippen molar-refractivity contribution in [3.63, 3.8) is 0 Å². The molecule has 5 amide bonds. The zero-order valence-corrected chi connectivity index (χ0v) is 38.0. The van der Waals surface area contributed by atoms with Crippen LogP contribution in [-0.2, 0) is 38.5 Å². The van der Waals surface area contributed by atoms with Crippen LogP contribution < -0.4 is 21.3 Å². The fourth-order valence-electron chi connectivity index (χ4n) is 9.97. The molecule has 0 spiro atoms. The third-order valence-corrected chi connectivity index (χ3v) is 17.4. The molecule has 5 atom stereocenters. The van der Waals surface area contributed by atoms with Crippen molar-refractivity contribution in [2.24, 2.45) is 28.6 Å². The summed E-state index contributed by atoms with van der Waals surface area (Å²) >= 11 is 0. The van der Waals surface area contributed by atoms with Crippen LogP contribution in [0.2, 0.25) is 0 Å². The average molecular weight is 848 g/mol. The van der Waals surface area contributed by atoms with Gasteiger partial charge in [0.05, 0.1) is 28.5 Å². The number of Topliss-reactive ketones (excluding diaryl/α,β-unsaturated/α-hetero) is 1. The highest BCUT2D eigenvalue weighted by Crippen LogP contribution is 2.65. The largest absolute Gasteiger partial charge is 0.460 e. The number of nitrogens with one attached hydrogen (secondary N) is 4. The Morgan fingerprint density at radius 1 is 0.847 bits per heavy atom. The molecule has 1 heterocycles. The molecule has 0 aromatic heterocycles. The highest BCUT2D eigenvalue weighted by atomic mass is 32.2. The number of urea groups is 1. The van der Waals surface area contributed by atoms with E-state index in [0.29, 0.717) is 38.6 Å². The van der Waals surface area contributed by atoms with Crippen LogP contribution in [0.4, 0.5) is 4.79 Å². The first kappa shape index (κ1) is 46.8. The van der Waals surface area contributed by atoms with Crippen LogP contribution in [0.3, 0.4) is 0 Å². The molecular formula is C44H73N5O9S. The third kappa shape index (κ3) is 11.0. The lowest BCUT2D eigenvalue weighted by molar-refractivity contribution is -0.154. The van der Waals surface area contributed by atoms with Crippen molar-refractivity contribution in [2.75, 3.05) is 18.8 Å². The second-order valence-electron chi connectivity index (χ2n) is 21.0. The van der Waals surface area contributed by atoms with E-state index in [0.717, 1.165) is 51.4 Å². The molecule has 4 saturated carbocycles. The van der Waals surface area contributed by atoms with Gasteiger partial charge in [-0.15, -0.1) is 0 Å². The van der Waals surface area contributed by atoms with Crippen LogP contribution in [0.5, 0.6) is 0 Å². The molecule has 334 valence electrons. The Morgan fingerprint density at radius 2 is 1.44 bits per heavy atom. The molecule has 59 heavy (non-hydrogen) atoms. The molecule has 5 aliphatic rings. The normalized spacial score (nSPS) is 25.7. The first-order valence-corrected chi connectivity index (χ1v) is 24.0. The summed E-state index contributed by atoms with van der Waals surface area (Å²) in [6.07, 6.45) is 10.1. The van der Waals surface area contributed by atoms with Gasteiger partial charge in [-0.3, -0.25) is 24.0 Å². The van der Waals surface area contributed by atoms with Crippen LogP contribution in [0, 0.1) is 28.6 Å². The first-order chi connectivity index (χ1) is 27.4. The number of fused-ring (bicyclic) bond motifs is 1. The lowest BCUT2D eigenvalue weighted by Gasteiger charge is -2.44. The number of hydrogen-bond donors (Lipinski definition) is 4. The van der Waals surface area contributed by atoms with Crippen molar-refractivity contribution in [3.8, 4) is 0 Å². The fraction of sp³-hybridized carbons (Fsp3) is 0.864. The van der Waals surface area contributed by atoms with Gasteiger partial charge in [0.1, 0.15) is 17.7 Å². The Bertz CT molecular complexity index is 1720. The van der Waals surface area contributed by atoms with Crippen molar-refractivity contribution in [1.29, 1.82) is 0 Å². The number of carbonyl (C=O) groups is 6. The molecule has 15 heteroatoms. The Kier molecular flexibility index (Phi) is 14.0. The van der Waals surface area contributed by atoms with E-state index >= 15 is 4.79 Å². The zero-order valence-electron chi connectivity index (χ0n) is 37.2. The van der Waals surface area contributed by atoms with E-state index in [2.05, 4.69) is 35.1 Å². The molecule has 5 fully saturated rings. The minimum absolute atomic E-state index is 0.0298. The Labute approximate surface area is 352 Å². The number of piperidine rings is 1. The van der Waals surface area contributed by atoms with Crippen molar-refractivity contribution < 1.29 is 41.9 Å². The lowest BCUT2D eigenvalue weighted by Crippen LogP contribution is -2.65. The number of carbonyl (C=O) groups excluding carboxylic acids is 6. The molecule has 0 aromatic rings. The third-order valence-electron chi connectivity index (χ3n) is 14.5. The van der Waals surface area contributed by atoms with Crippen molar-refractivity contribution >= 4 is 45.3 Å². The van der Waals surface area contributed by atoms with E-state index < -0.39 is 78.9 Å². The van der Waals surface area contributed by atoms with Gasteiger partial charge in [0.15, 0.2) is 9.84 Å². The molecule has 1 saturated heterocycles. The minimum atomic E-state index is -3.60. The summed E-state index contributed by atoms with van der Waals surface area (Å²) in [5.74, 6) is -3.23. The van der Waals surface area contributed by atoms with Gasteiger partial charge in [0, 0.05) is 13.1 Å². The number of rotatable bonds is 17. The number of sulfone groups is 1. The maximum atomic E-state index is 15.1. The van der Waals surface area contributed by atoms with Gasteiger partial charge < -0.3 is 30.9 Å². The van der Waals surface area contributed by atoms with Crippen LogP contribution >= 0.6 is 0 Å².